The van der Waals surface area contributed by atoms with Gasteiger partial charge in [-0.25, -0.2) is 9.97 Å². The van der Waals surface area contributed by atoms with Crippen LogP contribution < -0.4 is 4.90 Å². The number of aromatic nitrogens is 4. The molecule has 1 aromatic carbocycles. The lowest BCUT2D eigenvalue weighted by Crippen LogP contribution is -2.36. The molecule has 1 atom stereocenters. The molecule has 5 rings (SSSR count). The standard InChI is InChI=1S/C22H24ClN5O/c1-13-14(2)24-20(17-7-3-4-8-18(17)23)25-21(13)28-11-5-6-16(12-28)19-26-22(29-27-19)15-9-10-15/h3-4,7-8,15-16H,5-6,9-12H2,1-2H3/t16-/m1/s1. The third-order valence-electron chi connectivity index (χ3n) is 5.95. The highest BCUT2D eigenvalue weighted by atomic mass is 35.5. The number of piperidine rings is 1. The molecule has 2 fully saturated rings. The first-order valence-electron chi connectivity index (χ1n) is 10.3. The van der Waals surface area contributed by atoms with Crippen LogP contribution in [0.3, 0.4) is 0 Å². The first kappa shape index (κ1) is 18.6. The molecule has 6 nitrogen and oxygen atoms in total. The highest BCUT2D eigenvalue weighted by Gasteiger charge is 2.32. The van der Waals surface area contributed by atoms with E-state index in [0.717, 1.165) is 60.3 Å². The monoisotopic (exact) mass is 409 g/mol. The predicted octanol–water partition coefficient (Wildman–Crippen LogP) is 5.06. The fourth-order valence-corrected chi connectivity index (χ4v) is 4.19. The molecule has 1 saturated carbocycles. The van der Waals surface area contributed by atoms with Crippen molar-refractivity contribution < 1.29 is 4.52 Å². The van der Waals surface area contributed by atoms with Crippen LogP contribution in [0.2, 0.25) is 5.02 Å². The largest absolute Gasteiger partial charge is 0.356 e. The summed E-state index contributed by atoms with van der Waals surface area (Å²) in [6.45, 7) is 5.92. The number of hydrogen-bond acceptors (Lipinski definition) is 6. The zero-order valence-electron chi connectivity index (χ0n) is 16.7. The normalized spacial score (nSPS) is 19.6. The summed E-state index contributed by atoms with van der Waals surface area (Å²) in [5, 5.41) is 4.95. The maximum absolute atomic E-state index is 6.40. The summed E-state index contributed by atoms with van der Waals surface area (Å²) in [5.74, 6) is 4.05. The van der Waals surface area contributed by atoms with E-state index in [-0.39, 0.29) is 5.92 Å². The summed E-state index contributed by atoms with van der Waals surface area (Å²) in [4.78, 5) is 16.7. The summed E-state index contributed by atoms with van der Waals surface area (Å²) in [7, 11) is 0. The number of aryl methyl sites for hydroxylation is 1. The van der Waals surface area contributed by atoms with Gasteiger partial charge in [0.1, 0.15) is 5.82 Å². The first-order chi connectivity index (χ1) is 14.1. The maximum atomic E-state index is 6.40. The molecule has 0 bridgehead atoms. The molecule has 0 spiro atoms. The number of anilines is 1. The SMILES string of the molecule is Cc1nc(-c2ccccc2Cl)nc(N2CCC[C@@H](c3noc(C4CC4)n3)C2)c1C. The van der Waals surface area contributed by atoms with E-state index in [0.29, 0.717) is 16.8 Å². The zero-order valence-corrected chi connectivity index (χ0v) is 17.5. The van der Waals surface area contributed by atoms with E-state index in [2.05, 4.69) is 22.0 Å². The molecule has 0 unspecified atom stereocenters. The Hall–Kier alpha value is -2.47. The van der Waals surface area contributed by atoms with E-state index in [9.17, 15) is 0 Å². The molecule has 2 aromatic heterocycles. The lowest BCUT2D eigenvalue weighted by atomic mass is 9.97. The molecule has 1 aliphatic carbocycles. The van der Waals surface area contributed by atoms with Gasteiger partial charge < -0.3 is 9.42 Å². The Morgan fingerprint density at radius 2 is 1.86 bits per heavy atom. The Kier molecular flexibility index (Phi) is 4.74. The van der Waals surface area contributed by atoms with E-state index in [1.165, 1.54) is 12.8 Å². The first-order valence-corrected chi connectivity index (χ1v) is 10.7. The van der Waals surface area contributed by atoms with Crippen LogP contribution in [0.5, 0.6) is 0 Å². The van der Waals surface area contributed by atoms with E-state index in [1.807, 2.05) is 31.2 Å². The van der Waals surface area contributed by atoms with Crippen LogP contribution in [-0.4, -0.2) is 33.2 Å². The molecule has 2 aliphatic rings. The van der Waals surface area contributed by atoms with Crippen LogP contribution in [0.1, 0.15) is 60.5 Å². The van der Waals surface area contributed by atoms with E-state index < -0.39 is 0 Å². The van der Waals surface area contributed by atoms with Crippen molar-refractivity contribution in [3.63, 3.8) is 0 Å². The Morgan fingerprint density at radius 1 is 1.03 bits per heavy atom. The molecule has 3 heterocycles. The third kappa shape index (κ3) is 3.62. The molecular formula is C22H24ClN5O. The van der Waals surface area contributed by atoms with Gasteiger partial charge in [0.05, 0.1) is 5.02 Å². The minimum Gasteiger partial charge on any atom is -0.356 e. The summed E-state index contributed by atoms with van der Waals surface area (Å²) in [5.41, 5.74) is 2.94. The van der Waals surface area contributed by atoms with Crippen molar-refractivity contribution in [2.75, 3.05) is 18.0 Å². The number of hydrogen-bond donors (Lipinski definition) is 0. The van der Waals surface area contributed by atoms with E-state index in [4.69, 9.17) is 26.1 Å². The van der Waals surface area contributed by atoms with Crippen molar-refractivity contribution in [1.82, 2.24) is 20.1 Å². The average Bonchev–Trinajstić information content (AvgIpc) is 3.47. The van der Waals surface area contributed by atoms with Crippen molar-refractivity contribution in [3.05, 3.63) is 52.3 Å². The van der Waals surface area contributed by atoms with Gasteiger partial charge >= 0.3 is 0 Å². The Labute approximate surface area is 175 Å². The fraction of sp³-hybridized carbons (Fsp3) is 0.455. The second kappa shape index (κ2) is 7.41. The van der Waals surface area contributed by atoms with Crippen LogP contribution >= 0.6 is 11.6 Å². The lowest BCUT2D eigenvalue weighted by Gasteiger charge is -2.33. The van der Waals surface area contributed by atoms with Crippen molar-refractivity contribution in [3.8, 4) is 11.4 Å². The zero-order chi connectivity index (χ0) is 20.0. The van der Waals surface area contributed by atoms with Crippen molar-refractivity contribution >= 4 is 17.4 Å². The fourth-order valence-electron chi connectivity index (χ4n) is 3.97. The van der Waals surface area contributed by atoms with Gasteiger partial charge in [-0.1, -0.05) is 28.9 Å². The number of benzene rings is 1. The smallest absolute Gasteiger partial charge is 0.229 e. The second-order valence-electron chi connectivity index (χ2n) is 8.11. The number of nitrogens with zero attached hydrogens (tertiary/aromatic N) is 5. The van der Waals surface area contributed by atoms with Gasteiger partial charge in [0.25, 0.3) is 0 Å². The Morgan fingerprint density at radius 3 is 2.66 bits per heavy atom. The highest BCUT2D eigenvalue weighted by molar-refractivity contribution is 6.33. The topological polar surface area (TPSA) is 67.9 Å². The van der Waals surface area contributed by atoms with E-state index in [1.54, 1.807) is 0 Å². The molecule has 1 saturated heterocycles. The molecule has 0 radical (unpaired) electrons. The molecule has 7 heteroatoms. The summed E-state index contributed by atoms with van der Waals surface area (Å²) in [6.07, 6.45) is 4.48. The van der Waals surface area contributed by atoms with Crippen LogP contribution in [0.25, 0.3) is 11.4 Å². The maximum Gasteiger partial charge on any atom is 0.229 e. The van der Waals surface area contributed by atoms with E-state index >= 15 is 0 Å². The predicted molar refractivity (Wildman–Crippen MR) is 112 cm³/mol. The van der Waals surface area contributed by atoms with Crippen LogP contribution in [0.15, 0.2) is 28.8 Å². The van der Waals surface area contributed by atoms with Gasteiger partial charge in [-0.05, 0) is 51.7 Å². The summed E-state index contributed by atoms with van der Waals surface area (Å²) < 4.78 is 5.50. The van der Waals surface area contributed by atoms with Crippen molar-refractivity contribution in [2.24, 2.45) is 0 Å². The molecule has 0 amide bonds. The van der Waals surface area contributed by atoms with Crippen LogP contribution in [0.4, 0.5) is 5.82 Å². The average molecular weight is 410 g/mol. The van der Waals surface area contributed by atoms with Crippen molar-refractivity contribution in [1.29, 1.82) is 0 Å². The van der Waals surface area contributed by atoms with Gasteiger partial charge in [0.15, 0.2) is 11.6 Å². The van der Waals surface area contributed by atoms with Gasteiger partial charge in [0.2, 0.25) is 5.89 Å². The van der Waals surface area contributed by atoms with Gasteiger partial charge in [-0.15, -0.1) is 0 Å². The molecule has 1 aliphatic heterocycles. The van der Waals surface area contributed by atoms with Crippen LogP contribution in [0, 0.1) is 13.8 Å². The minimum atomic E-state index is 0.262. The Bertz CT molecular complexity index is 1050. The highest BCUT2D eigenvalue weighted by Crippen LogP contribution is 2.40. The Balaban J connectivity index is 1.45. The molecule has 0 N–H and O–H groups in total. The van der Waals surface area contributed by atoms with Gasteiger partial charge in [0, 0.05) is 41.7 Å². The second-order valence-corrected chi connectivity index (χ2v) is 8.52. The molecule has 29 heavy (non-hydrogen) atoms. The number of rotatable bonds is 4. The van der Waals surface area contributed by atoms with Gasteiger partial charge in [-0.3, -0.25) is 0 Å². The summed E-state index contributed by atoms with van der Waals surface area (Å²) >= 11 is 6.40. The quantitative estimate of drug-likeness (QED) is 0.600. The van der Waals surface area contributed by atoms with Crippen molar-refractivity contribution in [2.45, 2.75) is 51.4 Å². The molecular weight excluding hydrogens is 386 g/mol. The third-order valence-corrected chi connectivity index (χ3v) is 6.28. The minimum absolute atomic E-state index is 0.262. The number of halogens is 1. The lowest BCUT2D eigenvalue weighted by molar-refractivity contribution is 0.365. The molecule has 3 aromatic rings. The summed E-state index contributed by atoms with van der Waals surface area (Å²) in [6, 6.07) is 7.72. The van der Waals surface area contributed by atoms with Gasteiger partial charge in [-0.2, -0.15) is 4.98 Å². The molecule has 150 valence electrons. The van der Waals surface area contributed by atoms with Crippen LogP contribution in [-0.2, 0) is 0 Å².